The van der Waals surface area contributed by atoms with Gasteiger partial charge in [-0.2, -0.15) is 0 Å². The molecular weight excluding hydrogens is 438 g/mol. The van der Waals surface area contributed by atoms with Crippen LogP contribution in [0.25, 0.3) is 0 Å². The molecule has 1 aliphatic rings. The molecule has 2 atom stereocenters. The highest BCUT2D eigenvalue weighted by atomic mass is 32.2. The molecule has 1 aromatic rings. The van der Waals surface area contributed by atoms with Crippen LogP contribution in [0.3, 0.4) is 0 Å². The largest absolute Gasteiger partial charge is 0.477 e. The average Bonchev–Trinajstić information content (AvgIpc) is 3.15. The number of amides is 1. The molecule has 162 valence electrons. The Morgan fingerprint density at radius 3 is 2.77 bits per heavy atom. The fourth-order valence-corrected chi connectivity index (χ4v) is 4.15. The predicted molar refractivity (Wildman–Crippen MR) is 109 cm³/mol. The summed E-state index contributed by atoms with van der Waals surface area (Å²) in [6, 6.07) is -1.12. The van der Waals surface area contributed by atoms with E-state index in [2.05, 4.69) is 30.3 Å². The highest BCUT2D eigenvalue weighted by Gasteiger charge is 2.33. The number of hydrogen-bond donors (Lipinski definition) is 4. The molecule has 0 aromatic carbocycles. The van der Waals surface area contributed by atoms with Crippen molar-refractivity contribution in [2.24, 2.45) is 5.16 Å². The number of carbonyl (C=O) groups is 4. The summed E-state index contributed by atoms with van der Waals surface area (Å²) >= 11 is 2.25. The normalized spacial score (nSPS) is 17.5. The van der Waals surface area contributed by atoms with Crippen LogP contribution in [0, 0.1) is 0 Å². The summed E-state index contributed by atoms with van der Waals surface area (Å²) in [6.07, 6.45) is 0.256. The number of aldehydes is 1. The van der Waals surface area contributed by atoms with Gasteiger partial charge in [0, 0.05) is 11.1 Å². The summed E-state index contributed by atoms with van der Waals surface area (Å²) in [7, 11) is 2.44. The van der Waals surface area contributed by atoms with E-state index < -0.39 is 29.3 Å². The number of carboxylic acids is 1. The average molecular weight is 457 g/mol. The number of aromatic nitrogens is 1. The smallest absolute Gasteiger partial charge is 0.351 e. The van der Waals surface area contributed by atoms with Gasteiger partial charge in [0.15, 0.2) is 10.8 Å². The maximum atomic E-state index is 12.6. The van der Waals surface area contributed by atoms with E-state index in [1.54, 1.807) is 0 Å². The Labute approximate surface area is 178 Å². The minimum Gasteiger partial charge on any atom is -0.477 e. The number of esters is 1. The summed E-state index contributed by atoms with van der Waals surface area (Å²) < 4.78 is 4.57. The third-order valence-electron chi connectivity index (χ3n) is 3.81. The molecule has 5 N–H and O–H groups in total. The second-order valence-corrected chi connectivity index (χ2v) is 7.76. The maximum Gasteiger partial charge on any atom is 0.351 e. The SMILES string of the molecule is CO/N=C(/C(=O)N[C@H](C=O)[C@H]1NC(C(=O)O)=C(CC(=O)OC)CS1)c1csc(N)n1. The van der Waals surface area contributed by atoms with Crippen LogP contribution in [0.1, 0.15) is 12.1 Å². The molecule has 30 heavy (non-hydrogen) atoms. The molecule has 0 bridgehead atoms. The van der Waals surface area contributed by atoms with Gasteiger partial charge < -0.3 is 35.8 Å². The number of methoxy groups -OCH3 is 1. The molecule has 0 unspecified atom stereocenters. The molecule has 12 nitrogen and oxygen atoms in total. The first-order valence-electron chi connectivity index (χ1n) is 8.29. The van der Waals surface area contributed by atoms with Crippen molar-refractivity contribution < 1.29 is 33.9 Å². The summed E-state index contributed by atoms with van der Waals surface area (Å²) in [5.41, 5.74) is 5.64. The molecule has 1 amide bonds. The first-order valence-corrected chi connectivity index (χ1v) is 10.2. The lowest BCUT2D eigenvalue weighted by Gasteiger charge is -2.30. The van der Waals surface area contributed by atoms with Gasteiger partial charge in [-0.15, -0.1) is 23.1 Å². The minimum atomic E-state index is -1.30. The third kappa shape index (κ3) is 5.70. The summed E-state index contributed by atoms with van der Waals surface area (Å²) in [6.45, 7) is 0. The topological polar surface area (TPSA) is 182 Å². The number of thioether (sulfide) groups is 1. The van der Waals surface area contributed by atoms with Crippen LogP contribution in [0.4, 0.5) is 5.13 Å². The molecule has 2 heterocycles. The van der Waals surface area contributed by atoms with Crippen molar-refractivity contribution in [1.29, 1.82) is 0 Å². The fourth-order valence-electron chi connectivity index (χ4n) is 2.43. The quantitative estimate of drug-likeness (QED) is 0.160. The van der Waals surface area contributed by atoms with Crippen LogP contribution in [0.2, 0.25) is 0 Å². The van der Waals surface area contributed by atoms with Crippen LogP contribution in [0.5, 0.6) is 0 Å². The van der Waals surface area contributed by atoms with Gasteiger partial charge in [-0.25, -0.2) is 9.78 Å². The number of ether oxygens (including phenoxy) is 1. The minimum absolute atomic E-state index is 0.149. The van der Waals surface area contributed by atoms with Crippen molar-refractivity contribution in [3.05, 3.63) is 22.3 Å². The van der Waals surface area contributed by atoms with Gasteiger partial charge in [0.1, 0.15) is 36.2 Å². The number of rotatable bonds is 9. The van der Waals surface area contributed by atoms with Crippen molar-refractivity contribution in [3.63, 3.8) is 0 Å². The van der Waals surface area contributed by atoms with Crippen LogP contribution in [0.15, 0.2) is 21.8 Å². The van der Waals surface area contributed by atoms with Gasteiger partial charge in [0.05, 0.1) is 13.5 Å². The van der Waals surface area contributed by atoms with Crippen LogP contribution >= 0.6 is 23.1 Å². The Morgan fingerprint density at radius 2 is 2.23 bits per heavy atom. The molecule has 2 rings (SSSR count). The van der Waals surface area contributed by atoms with Crippen molar-refractivity contribution in [2.75, 3.05) is 25.7 Å². The van der Waals surface area contributed by atoms with E-state index in [1.165, 1.54) is 19.6 Å². The van der Waals surface area contributed by atoms with E-state index >= 15 is 0 Å². The Balaban J connectivity index is 2.18. The van der Waals surface area contributed by atoms with E-state index in [4.69, 9.17) is 5.73 Å². The van der Waals surface area contributed by atoms with Gasteiger partial charge in [-0.05, 0) is 5.57 Å². The number of nitrogens with two attached hydrogens (primary N) is 1. The third-order valence-corrected chi connectivity index (χ3v) is 5.77. The number of carboxylic acid groups (broad SMARTS) is 1. The molecule has 1 aromatic heterocycles. The van der Waals surface area contributed by atoms with Gasteiger partial charge in [0.25, 0.3) is 5.91 Å². The lowest BCUT2D eigenvalue weighted by molar-refractivity contribution is -0.139. The molecule has 0 radical (unpaired) electrons. The Morgan fingerprint density at radius 1 is 1.50 bits per heavy atom. The number of aliphatic carboxylic acids is 1. The number of thiazole rings is 1. The first kappa shape index (κ1) is 23.2. The van der Waals surface area contributed by atoms with Crippen molar-refractivity contribution in [3.8, 4) is 0 Å². The van der Waals surface area contributed by atoms with Gasteiger partial charge >= 0.3 is 11.9 Å². The number of oxime groups is 1. The number of nitrogens with one attached hydrogen (secondary N) is 2. The monoisotopic (exact) mass is 457 g/mol. The summed E-state index contributed by atoms with van der Waals surface area (Å²) in [4.78, 5) is 56.0. The van der Waals surface area contributed by atoms with Gasteiger partial charge in [0.2, 0.25) is 0 Å². The number of nitrogen functional groups attached to an aromatic ring is 1. The standard InChI is InChI=1S/C16H19N5O7S2/c1-27-10(23)3-7-5-29-14(20-11(7)15(25)26)8(4-22)18-13(24)12(21-28-2)9-6-30-16(17)19-9/h4,6,8,14,20H,3,5H2,1-2H3,(H2,17,19)(H,18,24)(H,25,26)/b21-12+/t8-,14+/m1/s1. The maximum absolute atomic E-state index is 12.6. The number of carbonyl (C=O) groups excluding carboxylic acids is 3. The molecular formula is C16H19N5O7S2. The highest BCUT2D eigenvalue weighted by Crippen LogP contribution is 2.26. The van der Waals surface area contributed by atoms with E-state index in [0.717, 1.165) is 23.1 Å². The van der Waals surface area contributed by atoms with E-state index in [9.17, 15) is 24.3 Å². The number of anilines is 1. The summed E-state index contributed by atoms with van der Waals surface area (Å²) in [5.74, 6) is -2.50. The second kappa shape index (κ2) is 10.6. The second-order valence-electron chi connectivity index (χ2n) is 5.74. The zero-order valence-corrected chi connectivity index (χ0v) is 17.5. The fraction of sp³-hybridized carbons (Fsp3) is 0.375. The molecule has 0 aliphatic carbocycles. The molecule has 14 heteroatoms. The Hall–Kier alpha value is -3.13. The highest BCUT2D eigenvalue weighted by molar-refractivity contribution is 8.00. The molecule has 0 spiro atoms. The van der Waals surface area contributed by atoms with E-state index in [-0.39, 0.29) is 34.4 Å². The van der Waals surface area contributed by atoms with Crippen LogP contribution in [-0.2, 0) is 28.8 Å². The molecule has 0 saturated carbocycles. The van der Waals surface area contributed by atoms with Crippen LogP contribution in [-0.4, -0.2) is 71.3 Å². The molecule has 1 aliphatic heterocycles. The lowest BCUT2D eigenvalue weighted by Crippen LogP contribution is -2.53. The first-order chi connectivity index (χ1) is 14.3. The zero-order valence-electron chi connectivity index (χ0n) is 15.9. The van der Waals surface area contributed by atoms with Crippen LogP contribution < -0.4 is 16.4 Å². The van der Waals surface area contributed by atoms with E-state index in [1.807, 2.05) is 0 Å². The van der Waals surface area contributed by atoms with Crippen molar-refractivity contribution >= 4 is 58.1 Å². The number of nitrogens with zero attached hydrogens (tertiary/aromatic N) is 2. The number of hydrogen-bond acceptors (Lipinski definition) is 12. The molecule has 0 saturated heterocycles. The molecule has 0 fully saturated rings. The van der Waals surface area contributed by atoms with Crippen molar-refractivity contribution in [1.82, 2.24) is 15.6 Å². The predicted octanol–water partition coefficient (Wildman–Crippen LogP) is -0.676. The van der Waals surface area contributed by atoms with Gasteiger partial charge in [-0.3, -0.25) is 9.59 Å². The zero-order chi connectivity index (χ0) is 22.3. The van der Waals surface area contributed by atoms with E-state index in [0.29, 0.717) is 11.9 Å². The summed E-state index contributed by atoms with van der Waals surface area (Å²) in [5, 5.41) is 19.2. The van der Waals surface area contributed by atoms with Crippen molar-refractivity contribution in [2.45, 2.75) is 17.8 Å². The Kier molecular flexibility index (Phi) is 8.17. The van der Waals surface area contributed by atoms with Gasteiger partial charge in [-0.1, -0.05) is 5.16 Å². The Bertz CT molecular complexity index is 898. The lowest BCUT2D eigenvalue weighted by atomic mass is 10.1.